The second-order valence-electron chi connectivity index (χ2n) is 5.24. The van der Waals surface area contributed by atoms with Gasteiger partial charge in [-0.3, -0.25) is 4.79 Å². The Labute approximate surface area is 149 Å². The number of anilines is 1. The molecule has 0 fully saturated rings. The van der Waals surface area contributed by atoms with E-state index in [1.165, 1.54) is 6.92 Å². The topological polar surface area (TPSA) is 64.6 Å². The molecule has 2 aromatic rings. The van der Waals surface area contributed by atoms with Crippen LogP contribution in [0.4, 0.5) is 5.69 Å². The lowest BCUT2D eigenvalue weighted by atomic mass is 10.2. The molecule has 0 bridgehead atoms. The highest BCUT2D eigenvalue weighted by atomic mass is 79.9. The molecule has 0 heterocycles. The molecule has 0 radical (unpaired) electrons. The standard InChI is InChI=1S/C18H18BrNO4/c1-12-5-3-7-15(9-12)20-18(22)13(2)24-17(21)11-23-16-8-4-6-14(19)10-16/h3-10,13H,11H2,1-2H3,(H,20,22). The minimum atomic E-state index is -0.913. The van der Waals surface area contributed by atoms with Crippen molar-refractivity contribution in [3.8, 4) is 5.75 Å². The number of amides is 1. The first-order valence-electron chi connectivity index (χ1n) is 7.39. The average Bonchev–Trinajstić information content (AvgIpc) is 2.53. The van der Waals surface area contributed by atoms with Crippen molar-refractivity contribution in [2.45, 2.75) is 20.0 Å². The molecule has 1 unspecified atom stereocenters. The smallest absolute Gasteiger partial charge is 0.344 e. The van der Waals surface area contributed by atoms with Gasteiger partial charge in [0.2, 0.25) is 0 Å². The van der Waals surface area contributed by atoms with Gasteiger partial charge < -0.3 is 14.8 Å². The van der Waals surface area contributed by atoms with Crippen molar-refractivity contribution in [3.63, 3.8) is 0 Å². The minimum Gasteiger partial charge on any atom is -0.482 e. The summed E-state index contributed by atoms with van der Waals surface area (Å²) in [6.07, 6.45) is -0.913. The van der Waals surface area contributed by atoms with Crippen molar-refractivity contribution in [2.75, 3.05) is 11.9 Å². The third kappa shape index (κ3) is 5.70. The maximum atomic E-state index is 12.0. The molecular weight excluding hydrogens is 374 g/mol. The number of hydrogen-bond donors (Lipinski definition) is 1. The number of ether oxygens (including phenoxy) is 2. The molecule has 6 heteroatoms. The Morgan fingerprint density at radius 2 is 1.92 bits per heavy atom. The summed E-state index contributed by atoms with van der Waals surface area (Å²) < 4.78 is 11.3. The molecule has 1 atom stereocenters. The molecule has 0 aliphatic carbocycles. The Kier molecular flexibility index (Phi) is 6.37. The largest absolute Gasteiger partial charge is 0.482 e. The number of nitrogens with one attached hydrogen (secondary N) is 1. The van der Waals surface area contributed by atoms with Crippen LogP contribution in [0.1, 0.15) is 12.5 Å². The summed E-state index contributed by atoms with van der Waals surface area (Å²) in [5.74, 6) is -0.462. The van der Waals surface area contributed by atoms with Crippen LogP contribution >= 0.6 is 15.9 Å². The first-order chi connectivity index (χ1) is 11.4. The van der Waals surface area contributed by atoms with E-state index in [0.29, 0.717) is 11.4 Å². The van der Waals surface area contributed by atoms with Crippen LogP contribution in [0, 0.1) is 6.92 Å². The molecule has 24 heavy (non-hydrogen) atoms. The molecule has 0 aliphatic rings. The Morgan fingerprint density at radius 3 is 2.62 bits per heavy atom. The molecule has 2 aromatic carbocycles. The Bertz CT molecular complexity index is 732. The van der Waals surface area contributed by atoms with Gasteiger partial charge in [-0.2, -0.15) is 0 Å². The summed E-state index contributed by atoms with van der Waals surface area (Å²) in [6.45, 7) is 3.18. The number of rotatable bonds is 6. The summed E-state index contributed by atoms with van der Waals surface area (Å²) in [6, 6.07) is 14.5. The van der Waals surface area contributed by atoms with E-state index in [1.807, 2.05) is 31.2 Å². The Balaban J connectivity index is 1.81. The second-order valence-corrected chi connectivity index (χ2v) is 6.15. The highest BCUT2D eigenvalue weighted by molar-refractivity contribution is 9.10. The SMILES string of the molecule is Cc1cccc(NC(=O)C(C)OC(=O)COc2cccc(Br)c2)c1. The zero-order chi connectivity index (χ0) is 17.5. The van der Waals surface area contributed by atoms with Crippen molar-refractivity contribution >= 4 is 33.5 Å². The van der Waals surface area contributed by atoms with Crippen molar-refractivity contribution in [3.05, 3.63) is 58.6 Å². The molecule has 126 valence electrons. The molecule has 0 spiro atoms. The molecule has 0 saturated heterocycles. The summed E-state index contributed by atoms with van der Waals surface area (Å²) in [4.78, 5) is 23.8. The summed E-state index contributed by atoms with van der Waals surface area (Å²) in [5, 5.41) is 2.71. The van der Waals surface area contributed by atoms with Crippen LogP contribution in [0.25, 0.3) is 0 Å². The van der Waals surface area contributed by atoms with Gasteiger partial charge in [0, 0.05) is 10.2 Å². The van der Waals surface area contributed by atoms with Gasteiger partial charge in [-0.25, -0.2) is 4.79 Å². The quantitative estimate of drug-likeness (QED) is 0.762. The van der Waals surface area contributed by atoms with Gasteiger partial charge in [0.05, 0.1) is 0 Å². The van der Waals surface area contributed by atoms with E-state index in [4.69, 9.17) is 9.47 Å². The molecule has 0 aliphatic heterocycles. The maximum Gasteiger partial charge on any atom is 0.344 e. The number of hydrogen-bond acceptors (Lipinski definition) is 4. The minimum absolute atomic E-state index is 0.265. The summed E-state index contributed by atoms with van der Waals surface area (Å²) >= 11 is 3.32. The van der Waals surface area contributed by atoms with Gasteiger partial charge in [-0.1, -0.05) is 34.1 Å². The fourth-order valence-electron chi connectivity index (χ4n) is 1.95. The van der Waals surface area contributed by atoms with E-state index in [2.05, 4.69) is 21.2 Å². The van der Waals surface area contributed by atoms with E-state index in [-0.39, 0.29) is 6.61 Å². The fourth-order valence-corrected chi connectivity index (χ4v) is 2.33. The van der Waals surface area contributed by atoms with Gasteiger partial charge in [0.1, 0.15) is 5.75 Å². The monoisotopic (exact) mass is 391 g/mol. The number of carbonyl (C=O) groups excluding carboxylic acids is 2. The summed E-state index contributed by atoms with van der Waals surface area (Å²) in [7, 11) is 0. The Morgan fingerprint density at radius 1 is 1.17 bits per heavy atom. The van der Waals surface area contributed by atoms with Gasteiger partial charge in [-0.05, 0) is 49.7 Å². The van der Waals surface area contributed by atoms with Crippen molar-refractivity contribution < 1.29 is 19.1 Å². The van der Waals surface area contributed by atoms with Crippen LogP contribution in [-0.2, 0) is 14.3 Å². The van der Waals surface area contributed by atoms with E-state index in [0.717, 1.165) is 10.0 Å². The predicted molar refractivity (Wildman–Crippen MR) is 95.0 cm³/mol. The number of benzene rings is 2. The number of halogens is 1. The molecule has 1 amide bonds. The molecule has 0 saturated carbocycles. The molecular formula is C18H18BrNO4. The predicted octanol–water partition coefficient (Wildman–Crippen LogP) is 3.71. The van der Waals surface area contributed by atoms with E-state index in [1.54, 1.807) is 24.3 Å². The third-order valence-electron chi connectivity index (χ3n) is 3.12. The fraction of sp³-hybridized carbons (Fsp3) is 0.222. The Hall–Kier alpha value is -2.34. The number of aryl methyl sites for hydroxylation is 1. The van der Waals surface area contributed by atoms with Crippen molar-refractivity contribution in [1.82, 2.24) is 0 Å². The van der Waals surface area contributed by atoms with Gasteiger partial charge in [-0.15, -0.1) is 0 Å². The van der Waals surface area contributed by atoms with E-state index >= 15 is 0 Å². The zero-order valence-corrected chi connectivity index (χ0v) is 15.0. The van der Waals surface area contributed by atoms with Gasteiger partial charge in [0.25, 0.3) is 5.91 Å². The van der Waals surface area contributed by atoms with E-state index in [9.17, 15) is 9.59 Å². The molecule has 5 nitrogen and oxygen atoms in total. The van der Waals surface area contributed by atoms with Gasteiger partial charge in [0.15, 0.2) is 12.7 Å². The first-order valence-corrected chi connectivity index (χ1v) is 8.19. The average molecular weight is 392 g/mol. The van der Waals surface area contributed by atoms with Crippen molar-refractivity contribution in [2.24, 2.45) is 0 Å². The molecule has 1 N–H and O–H groups in total. The lowest BCUT2D eigenvalue weighted by Gasteiger charge is -2.14. The van der Waals surface area contributed by atoms with Crippen LogP contribution in [0.15, 0.2) is 53.0 Å². The first kappa shape index (κ1) is 18.0. The second kappa shape index (κ2) is 8.49. The molecule has 2 rings (SSSR count). The van der Waals surface area contributed by atoms with Crippen LogP contribution < -0.4 is 10.1 Å². The lowest BCUT2D eigenvalue weighted by Crippen LogP contribution is -2.31. The molecule has 0 aromatic heterocycles. The van der Waals surface area contributed by atoms with Crippen LogP contribution in [0.2, 0.25) is 0 Å². The normalized spacial score (nSPS) is 11.5. The maximum absolute atomic E-state index is 12.0. The zero-order valence-electron chi connectivity index (χ0n) is 13.4. The third-order valence-corrected chi connectivity index (χ3v) is 3.61. The summed E-state index contributed by atoms with van der Waals surface area (Å²) in [5.41, 5.74) is 1.69. The van der Waals surface area contributed by atoms with Crippen LogP contribution in [0.3, 0.4) is 0 Å². The highest BCUT2D eigenvalue weighted by Crippen LogP contribution is 2.17. The van der Waals surface area contributed by atoms with Crippen LogP contribution in [-0.4, -0.2) is 24.6 Å². The highest BCUT2D eigenvalue weighted by Gasteiger charge is 2.18. The lowest BCUT2D eigenvalue weighted by molar-refractivity contribution is -0.155. The number of carbonyl (C=O) groups is 2. The number of esters is 1. The van der Waals surface area contributed by atoms with Gasteiger partial charge >= 0.3 is 5.97 Å². The van der Waals surface area contributed by atoms with Crippen LogP contribution in [0.5, 0.6) is 5.75 Å². The van der Waals surface area contributed by atoms with Crippen molar-refractivity contribution in [1.29, 1.82) is 0 Å². The van der Waals surface area contributed by atoms with E-state index < -0.39 is 18.0 Å².